The summed E-state index contributed by atoms with van der Waals surface area (Å²) >= 11 is 0. The van der Waals surface area contributed by atoms with Crippen LogP contribution < -0.4 is 20.1 Å². The lowest BCUT2D eigenvalue weighted by molar-refractivity contribution is -0.138. The molecule has 4 amide bonds. The molecule has 1 saturated heterocycles. The van der Waals surface area contributed by atoms with Crippen molar-refractivity contribution in [3.8, 4) is 11.5 Å². The van der Waals surface area contributed by atoms with E-state index in [0.29, 0.717) is 48.9 Å². The van der Waals surface area contributed by atoms with Crippen molar-refractivity contribution in [3.63, 3.8) is 0 Å². The van der Waals surface area contributed by atoms with Gasteiger partial charge in [0.2, 0.25) is 23.6 Å². The molecule has 0 aliphatic carbocycles. The fourth-order valence-electron chi connectivity index (χ4n) is 4.27. The van der Waals surface area contributed by atoms with Crippen LogP contribution in [0.2, 0.25) is 0 Å². The average Bonchev–Trinajstić information content (AvgIpc) is 3.26. The summed E-state index contributed by atoms with van der Waals surface area (Å²) in [7, 11) is 3.15. The summed E-state index contributed by atoms with van der Waals surface area (Å²) < 4.78 is 10.6. The van der Waals surface area contributed by atoms with Crippen LogP contribution in [0.3, 0.4) is 0 Å². The zero-order chi connectivity index (χ0) is 26.9. The second kappa shape index (κ2) is 12.8. The predicted octanol–water partition coefficient (Wildman–Crippen LogP) is 2.54. The first-order chi connectivity index (χ1) is 17.7. The third-order valence-corrected chi connectivity index (χ3v) is 6.20. The minimum absolute atomic E-state index is 0.0707. The first-order valence-electron chi connectivity index (χ1n) is 12.2. The van der Waals surface area contributed by atoms with E-state index < -0.39 is 5.92 Å². The van der Waals surface area contributed by atoms with Gasteiger partial charge in [-0.25, -0.2) is 0 Å². The highest BCUT2D eigenvalue weighted by Crippen LogP contribution is 2.28. The van der Waals surface area contributed by atoms with Crippen LogP contribution in [0.5, 0.6) is 11.5 Å². The highest BCUT2D eigenvalue weighted by molar-refractivity contribution is 5.96. The van der Waals surface area contributed by atoms with Crippen LogP contribution in [0.4, 0.5) is 11.4 Å². The number of benzene rings is 2. The number of rotatable bonds is 11. The molecule has 0 aromatic heterocycles. The van der Waals surface area contributed by atoms with Gasteiger partial charge in [-0.15, -0.1) is 0 Å². The Morgan fingerprint density at radius 3 is 2.24 bits per heavy atom. The predicted molar refractivity (Wildman–Crippen MR) is 140 cm³/mol. The highest BCUT2D eigenvalue weighted by atomic mass is 16.5. The lowest BCUT2D eigenvalue weighted by Crippen LogP contribution is -2.42. The monoisotopic (exact) mass is 510 g/mol. The number of carbonyl (C=O) groups excluding carboxylic acids is 4. The van der Waals surface area contributed by atoms with E-state index in [9.17, 15) is 19.2 Å². The number of methoxy groups -OCH3 is 2. The Morgan fingerprint density at radius 2 is 1.65 bits per heavy atom. The number of likely N-dealkylation sites (N-methyl/N-ethyl adjacent to an activating group) is 1. The normalized spacial score (nSPS) is 14.8. The van der Waals surface area contributed by atoms with E-state index >= 15 is 0 Å². The smallest absolute Gasteiger partial charge is 0.243 e. The Balaban J connectivity index is 1.52. The summed E-state index contributed by atoms with van der Waals surface area (Å²) in [4.78, 5) is 52.6. The van der Waals surface area contributed by atoms with Crippen molar-refractivity contribution in [2.45, 2.75) is 26.7 Å². The van der Waals surface area contributed by atoms with Gasteiger partial charge in [0.25, 0.3) is 0 Å². The molecule has 0 bridgehead atoms. The molecule has 2 aromatic rings. The number of likely N-dealkylation sites (tertiary alicyclic amines) is 1. The van der Waals surface area contributed by atoms with Gasteiger partial charge in [0.05, 0.1) is 26.7 Å². The molecule has 1 heterocycles. The van der Waals surface area contributed by atoms with Crippen molar-refractivity contribution in [1.82, 2.24) is 9.80 Å². The molecular formula is C27H34N4O6. The minimum atomic E-state index is -0.484. The van der Waals surface area contributed by atoms with Gasteiger partial charge in [-0.2, -0.15) is 0 Å². The molecule has 10 nitrogen and oxygen atoms in total. The molecule has 0 unspecified atom stereocenters. The van der Waals surface area contributed by atoms with E-state index in [4.69, 9.17) is 9.47 Å². The maximum absolute atomic E-state index is 13.1. The molecule has 1 aliphatic rings. The second-order valence-electron chi connectivity index (χ2n) is 8.84. The fourth-order valence-corrected chi connectivity index (χ4v) is 4.27. The highest BCUT2D eigenvalue weighted by Gasteiger charge is 2.36. The Hall–Kier alpha value is -4.08. The van der Waals surface area contributed by atoms with Crippen molar-refractivity contribution in [2.24, 2.45) is 5.92 Å². The van der Waals surface area contributed by atoms with Crippen LogP contribution >= 0.6 is 0 Å². The van der Waals surface area contributed by atoms with E-state index in [0.717, 1.165) is 5.56 Å². The molecule has 0 spiro atoms. The summed E-state index contributed by atoms with van der Waals surface area (Å²) in [6, 6.07) is 12.3. The summed E-state index contributed by atoms with van der Waals surface area (Å²) in [5, 5.41) is 5.43. The fraction of sp³-hybridized carbons (Fsp3) is 0.407. The number of hydrogen-bond donors (Lipinski definition) is 2. The number of hydrogen-bond acceptors (Lipinski definition) is 6. The van der Waals surface area contributed by atoms with Crippen molar-refractivity contribution in [1.29, 1.82) is 0 Å². The van der Waals surface area contributed by atoms with Crippen LogP contribution in [-0.2, 0) is 25.6 Å². The molecule has 2 aromatic carbocycles. The Bertz CT molecular complexity index is 1130. The van der Waals surface area contributed by atoms with E-state index in [1.165, 1.54) is 11.8 Å². The van der Waals surface area contributed by atoms with Gasteiger partial charge in [0.1, 0.15) is 0 Å². The number of nitrogens with one attached hydrogen (secondary N) is 2. The molecule has 37 heavy (non-hydrogen) atoms. The van der Waals surface area contributed by atoms with Gasteiger partial charge in [-0.05, 0) is 55.3 Å². The lowest BCUT2D eigenvalue weighted by Gasteiger charge is -2.24. The molecule has 0 saturated carbocycles. The van der Waals surface area contributed by atoms with E-state index in [-0.39, 0.29) is 36.6 Å². The molecule has 10 heteroatoms. The number of ether oxygens (including phenoxy) is 2. The van der Waals surface area contributed by atoms with Crippen LogP contribution in [-0.4, -0.2) is 73.8 Å². The second-order valence-corrected chi connectivity index (χ2v) is 8.84. The van der Waals surface area contributed by atoms with Gasteiger partial charge in [-0.3, -0.25) is 19.2 Å². The van der Waals surface area contributed by atoms with Gasteiger partial charge in [0, 0.05) is 44.4 Å². The topological polar surface area (TPSA) is 117 Å². The first-order valence-corrected chi connectivity index (χ1v) is 12.2. The van der Waals surface area contributed by atoms with Crippen LogP contribution in [0.15, 0.2) is 42.5 Å². The van der Waals surface area contributed by atoms with Crippen molar-refractivity contribution < 1.29 is 28.7 Å². The number of nitrogens with zero attached hydrogens (tertiary/aromatic N) is 2. The maximum atomic E-state index is 13.1. The molecule has 3 rings (SSSR count). The molecule has 1 aliphatic heterocycles. The molecule has 2 N–H and O–H groups in total. The van der Waals surface area contributed by atoms with E-state index in [2.05, 4.69) is 10.6 Å². The SMILES string of the molecule is CCN(CC(=O)Nc1ccc(NC(C)=O)cc1)C(=O)[C@@H]1CC(=O)N(CCc2ccc(OC)c(OC)c2)C1. The summed E-state index contributed by atoms with van der Waals surface area (Å²) in [6.07, 6.45) is 0.751. The number of anilines is 2. The largest absolute Gasteiger partial charge is 0.493 e. The van der Waals surface area contributed by atoms with Gasteiger partial charge in [-0.1, -0.05) is 6.07 Å². The van der Waals surface area contributed by atoms with Crippen molar-refractivity contribution in [2.75, 3.05) is 51.0 Å². The van der Waals surface area contributed by atoms with Gasteiger partial charge in [0.15, 0.2) is 11.5 Å². The van der Waals surface area contributed by atoms with E-state index in [1.807, 2.05) is 18.2 Å². The standard InChI is InChI=1S/C27H34N4O6/c1-5-30(17-25(33)29-22-9-7-21(8-10-22)28-18(2)32)27(35)20-15-26(34)31(16-20)13-12-19-6-11-23(36-3)24(14-19)37-4/h6-11,14,20H,5,12-13,15-17H2,1-4H3,(H,28,32)(H,29,33)/t20-/m1/s1. The third-order valence-electron chi connectivity index (χ3n) is 6.20. The third kappa shape index (κ3) is 7.45. The van der Waals surface area contributed by atoms with Crippen molar-refractivity contribution >= 4 is 35.0 Å². The van der Waals surface area contributed by atoms with Crippen molar-refractivity contribution in [3.05, 3.63) is 48.0 Å². The van der Waals surface area contributed by atoms with Crippen LogP contribution in [0.25, 0.3) is 0 Å². The zero-order valence-electron chi connectivity index (χ0n) is 21.7. The van der Waals surface area contributed by atoms with Gasteiger partial charge >= 0.3 is 0 Å². The zero-order valence-corrected chi connectivity index (χ0v) is 21.7. The lowest BCUT2D eigenvalue weighted by atomic mass is 10.1. The van der Waals surface area contributed by atoms with Crippen LogP contribution in [0, 0.1) is 5.92 Å². The average molecular weight is 511 g/mol. The molecular weight excluding hydrogens is 476 g/mol. The molecule has 1 atom stereocenters. The summed E-state index contributed by atoms with van der Waals surface area (Å²) in [6.45, 7) is 4.27. The Labute approximate surface area is 216 Å². The first kappa shape index (κ1) is 27.5. The Kier molecular flexibility index (Phi) is 9.48. The number of amides is 4. The van der Waals surface area contributed by atoms with Crippen LogP contribution in [0.1, 0.15) is 25.8 Å². The number of carbonyl (C=O) groups is 4. The maximum Gasteiger partial charge on any atom is 0.243 e. The molecule has 1 fully saturated rings. The minimum Gasteiger partial charge on any atom is -0.493 e. The summed E-state index contributed by atoms with van der Waals surface area (Å²) in [5.41, 5.74) is 2.18. The molecule has 198 valence electrons. The van der Waals surface area contributed by atoms with Gasteiger partial charge < -0.3 is 29.9 Å². The quantitative estimate of drug-likeness (QED) is 0.480. The Morgan fingerprint density at radius 1 is 1.00 bits per heavy atom. The van der Waals surface area contributed by atoms with E-state index in [1.54, 1.807) is 50.3 Å². The summed E-state index contributed by atoms with van der Waals surface area (Å²) in [5.74, 6) is -0.0149. The molecule has 0 radical (unpaired) electrons.